The molecule has 0 radical (unpaired) electrons. The summed E-state index contributed by atoms with van der Waals surface area (Å²) >= 11 is 1.45. The van der Waals surface area contributed by atoms with Gasteiger partial charge in [-0.3, -0.25) is 9.59 Å². The average molecular weight is 425 g/mol. The van der Waals surface area contributed by atoms with Crippen LogP contribution >= 0.6 is 11.3 Å². The molecule has 1 aromatic heterocycles. The number of aromatic nitrogens is 1. The molecule has 5 heteroatoms. The molecule has 0 fully saturated rings. The van der Waals surface area contributed by atoms with Crippen LogP contribution in [-0.4, -0.2) is 16.3 Å². The standard InChI is InChI=1S/C26H20N2O2S/c1-4-14-28-23-18(3)15-17(2)16-22(23)31-26(28)27-25(30)21-12-10-20(11-13-21)24(29)19-8-6-5-7-9-19/h1,5-13,15-16H,14H2,2-3H3. The van der Waals surface area contributed by atoms with E-state index >= 15 is 0 Å². The van der Waals surface area contributed by atoms with Crippen molar-refractivity contribution in [2.75, 3.05) is 0 Å². The monoisotopic (exact) mass is 424 g/mol. The predicted molar refractivity (Wildman–Crippen MR) is 124 cm³/mol. The smallest absolute Gasteiger partial charge is 0.279 e. The maximum Gasteiger partial charge on any atom is 0.279 e. The lowest BCUT2D eigenvalue weighted by atomic mass is 10.0. The van der Waals surface area contributed by atoms with E-state index in [0.29, 0.717) is 28.0 Å². The Morgan fingerprint density at radius 1 is 0.968 bits per heavy atom. The van der Waals surface area contributed by atoms with E-state index in [4.69, 9.17) is 6.42 Å². The number of rotatable bonds is 4. The van der Waals surface area contributed by atoms with Gasteiger partial charge < -0.3 is 4.57 Å². The Morgan fingerprint density at radius 3 is 2.29 bits per heavy atom. The maximum absolute atomic E-state index is 12.8. The normalized spacial score (nSPS) is 11.5. The highest BCUT2D eigenvalue weighted by atomic mass is 32.1. The zero-order valence-electron chi connectivity index (χ0n) is 17.3. The molecule has 152 valence electrons. The second-order valence-corrected chi connectivity index (χ2v) is 8.30. The van der Waals surface area contributed by atoms with Gasteiger partial charge in [0.2, 0.25) is 0 Å². The largest absolute Gasteiger partial charge is 0.304 e. The molecule has 0 saturated carbocycles. The second kappa shape index (κ2) is 8.55. The third-order valence-corrected chi connectivity index (χ3v) is 6.01. The first-order valence-corrected chi connectivity index (χ1v) is 10.6. The summed E-state index contributed by atoms with van der Waals surface area (Å²) in [5.74, 6) is 2.20. The Balaban J connectivity index is 1.70. The van der Waals surface area contributed by atoms with Gasteiger partial charge in [-0.15, -0.1) is 6.42 Å². The number of carbonyl (C=O) groups is 2. The van der Waals surface area contributed by atoms with Crippen molar-refractivity contribution in [3.63, 3.8) is 0 Å². The molecule has 31 heavy (non-hydrogen) atoms. The topological polar surface area (TPSA) is 51.4 Å². The van der Waals surface area contributed by atoms with E-state index in [9.17, 15) is 9.59 Å². The van der Waals surface area contributed by atoms with Crippen molar-refractivity contribution >= 4 is 33.2 Å². The molecular weight excluding hydrogens is 404 g/mol. The number of fused-ring (bicyclic) bond motifs is 1. The van der Waals surface area contributed by atoms with E-state index in [1.54, 1.807) is 36.4 Å². The number of hydrogen-bond acceptors (Lipinski definition) is 3. The number of thiazole rings is 1. The van der Waals surface area contributed by atoms with Crippen molar-refractivity contribution in [1.29, 1.82) is 0 Å². The number of benzene rings is 3. The molecule has 0 atom stereocenters. The van der Waals surface area contributed by atoms with Crippen LogP contribution in [0.4, 0.5) is 0 Å². The number of terminal acetylenes is 1. The number of ketones is 1. The molecule has 4 rings (SSSR count). The number of aryl methyl sites for hydroxylation is 2. The van der Waals surface area contributed by atoms with Crippen molar-refractivity contribution in [2.45, 2.75) is 20.4 Å². The van der Waals surface area contributed by atoms with Crippen LogP contribution in [0.2, 0.25) is 0 Å². The van der Waals surface area contributed by atoms with Crippen LogP contribution in [0.1, 0.15) is 37.4 Å². The molecule has 0 aliphatic heterocycles. The Morgan fingerprint density at radius 2 is 1.61 bits per heavy atom. The van der Waals surface area contributed by atoms with Gasteiger partial charge in [-0.25, -0.2) is 0 Å². The highest BCUT2D eigenvalue weighted by Gasteiger charge is 2.13. The number of hydrogen-bond donors (Lipinski definition) is 0. The van der Waals surface area contributed by atoms with Crippen LogP contribution in [-0.2, 0) is 6.54 Å². The number of carbonyl (C=O) groups excluding carboxylic acids is 2. The minimum Gasteiger partial charge on any atom is -0.304 e. The van der Waals surface area contributed by atoms with Gasteiger partial charge in [-0.1, -0.05) is 65.8 Å². The molecular formula is C26H20N2O2S. The van der Waals surface area contributed by atoms with Crippen LogP contribution in [0.25, 0.3) is 10.2 Å². The molecule has 3 aromatic carbocycles. The maximum atomic E-state index is 12.8. The van der Waals surface area contributed by atoms with Crippen LogP contribution in [0.3, 0.4) is 0 Å². The van der Waals surface area contributed by atoms with Crippen molar-refractivity contribution < 1.29 is 9.59 Å². The van der Waals surface area contributed by atoms with Gasteiger partial charge in [0.15, 0.2) is 10.6 Å². The summed E-state index contributed by atoms with van der Waals surface area (Å²) in [5, 5.41) is 0. The lowest BCUT2D eigenvalue weighted by Gasteiger charge is -2.04. The Kier molecular flexibility index (Phi) is 5.66. The first kappa shape index (κ1) is 20.5. The van der Waals surface area contributed by atoms with Crippen LogP contribution in [0.5, 0.6) is 0 Å². The fraction of sp³-hybridized carbons (Fsp3) is 0.115. The lowest BCUT2D eigenvalue weighted by molar-refractivity contribution is 0.0994. The summed E-state index contributed by atoms with van der Waals surface area (Å²) in [4.78, 5) is 30.3. The minimum atomic E-state index is -0.370. The Bertz CT molecular complexity index is 1400. The van der Waals surface area contributed by atoms with Gasteiger partial charge in [0.25, 0.3) is 5.91 Å². The summed E-state index contributed by atoms with van der Waals surface area (Å²) in [6.07, 6.45) is 5.57. The fourth-order valence-electron chi connectivity index (χ4n) is 3.59. The second-order valence-electron chi connectivity index (χ2n) is 7.29. The van der Waals surface area contributed by atoms with Gasteiger partial charge in [0.05, 0.1) is 16.8 Å². The zero-order valence-corrected chi connectivity index (χ0v) is 18.1. The van der Waals surface area contributed by atoms with E-state index in [-0.39, 0.29) is 11.7 Å². The highest BCUT2D eigenvalue weighted by Crippen LogP contribution is 2.23. The Labute approximate surface area is 184 Å². The van der Waals surface area contributed by atoms with Crippen molar-refractivity contribution in [3.05, 3.63) is 99.3 Å². The molecule has 4 nitrogen and oxygen atoms in total. The van der Waals surface area contributed by atoms with E-state index in [1.165, 1.54) is 11.3 Å². The first-order valence-electron chi connectivity index (χ1n) is 9.81. The van der Waals surface area contributed by atoms with Gasteiger partial charge in [0, 0.05) is 16.7 Å². The third-order valence-electron chi connectivity index (χ3n) is 4.99. The quantitative estimate of drug-likeness (QED) is 0.345. The van der Waals surface area contributed by atoms with Gasteiger partial charge in [0.1, 0.15) is 0 Å². The molecule has 1 amide bonds. The van der Waals surface area contributed by atoms with E-state index in [2.05, 4.69) is 23.0 Å². The zero-order chi connectivity index (χ0) is 22.0. The summed E-state index contributed by atoms with van der Waals surface area (Å²) in [5.41, 5.74) is 4.80. The molecule has 1 heterocycles. The van der Waals surface area contributed by atoms with Crippen molar-refractivity contribution in [2.24, 2.45) is 4.99 Å². The number of nitrogens with zero attached hydrogens (tertiary/aromatic N) is 2. The summed E-state index contributed by atoms with van der Waals surface area (Å²) in [7, 11) is 0. The Hall–Kier alpha value is -3.75. The molecule has 0 N–H and O–H groups in total. The summed E-state index contributed by atoms with van der Waals surface area (Å²) < 4.78 is 2.95. The first-order chi connectivity index (χ1) is 15.0. The summed E-state index contributed by atoms with van der Waals surface area (Å²) in [6, 6.07) is 19.8. The molecule has 4 aromatic rings. The van der Waals surface area contributed by atoms with Crippen molar-refractivity contribution in [1.82, 2.24) is 4.57 Å². The molecule has 0 bridgehead atoms. The van der Waals surface area contributed by atoms with E-state index in [0.717, 1.165) is 21.3 Å². The van der Waals surface area contributed by atoms with Gasteiger partial charge in [-0.2, -0.15) is 4.99 Å². The molecule has 0 aliphatic rings. The fourth-order valence-corrected chi connectivity index (χ4v) is 4.79. The molecule has 0 unspecified atom stereocenters. The van der Waals surface area contributed by atoms with Crippen LogP contribution in [0, 0.1) is 26.2 Å². The third kappa shape index (κ3) is 4.11. The SMILES string of the molecule is C#CCn1c(=NC(=O)c2ccc(C(=O)c3ccccc3)cc2)sc2cc(C)cc(C)c21. The number of amides is 1. The van der Waals surface area contributed by atoms with Crippen LogP contribution in [0.15, 0.2) is 71.7 Å². The average Bonchev–Trinajstić information content (AvgIpc) is 3.11. The van der Waals surface area contributed by atoms with E-state index < -0.39 is 0 Å². The molecule has 0 spiro atoms. The lowest BCUT2D eigenvalue weighted by Crippen LogP contribution is -2.17. The molecule has 0 saturated heterocycles. The van der Waals surface area contributed by atoms with Crippen LogP contribution < -0.4 is 4.80 Å². The van der Waals surface area contributed by atoms with Gasteiger partial charge in [-0.05, 0) is 43.2 Å². The van der Waals surface area contributed by atoms with Gasteiger partial charge >= 0.3 is 0 Å². The minimum absolute atomic E-state index is 0.0845. The molecule has 0 aliphatic carbocycles. The highest BCUT2D eigenvalue weighted by molar-refractivity contribution is 7.16. The summed E-state index contributed by atoms with van der Waals surface area (Å²) in [6.45, 7) is 4.40. The van der Waals surface area contributed by atoms with Crippen molar-refractivity contribution in [3.8, 4) is 12.3 Å². The van der Waals surface area contributed by atoms with E-state index in [1.807, 2.05) is 36.6 Å². The predicted octanol–water partition coefficient (Wildman–Crippen LogP) is 4.92.